The molecule has 5 nitrogen and oxygen atoms in total. The van der Waals surface area contributed by atoms with E-state index >= 15 is 0 Å². The number of nitrogen functional groups attached to an aromatic ring is 1. The molecule has 1 aromatic carbocycles. The standard InChI is InChI=1S/C13H20ClN3O2S2/c1-10-8-11(9-12(15)13(10)14)21(18,19)16-2-3-17-4-6-20-7-5-17/h8-9,16H,2-7,15H2,1H3. The van der Waals surface area contributed by atoms with E-state index < -0.39 is 10.0 Å². The van der Waals surface area contributed by atoms with Gasteiger partial charge in [-0.2, -0.15) is 11.8 Å². The molecule has 0 unspecified atom stereocenters. The number of nitrogens with zero attached hydrogens (tertiary/aromatic N) is 1. The Hall–Kier alpha value is -0.470. The molecule has 21 heavy (non-hydrogen) atoms. The minimum Gasteiger partial charge on any atom is -0.397 e. The highest BCUT2D eigenvalue weighted by Crippen LogP contribution is 2.26. The van der Waals surface area contributed by atoms with Gasteiger partial charge in [-0.05, 0) is 24.6 Å². The summed E-state index contributed by atoms with van der Waals surface area (Å²) in [5.74, 6) is 2.22. The Morgan fingerprint density at radius 1 is 1.38 bits per heavy atom. The predicted octanol–water partition coefficient (Wildman–Crippen LogP) is 1.56. The fraction of sp³-hybridized carbons (Fsp3) is 0.538. The fourth-order valence-corrected chi connectivity index (χ4v) is 4.39. The molecule has 1 aromatic rings. The van der Waals surface area contributed by atoms with Gasteiger partial charge in [0.1, 0.15) is 0 Å². The summed E-state index contributed by atoms with van der Waals surface area (Å²) in [6.07, 6.45) is 0. The molecule has 0 amide bonds. The van der Waals surface area contributed by atoms with Crippen molar-refractivity contribution in [3.8, 4) is 0 Å². The normalized spacial score (nSPS) is 17.0. The molecule has 1 aliphatic heterocycles. The van der Waals surface area contributed by atoms with Gasteiger partial charge in [0.2, 0.25) is 10.0 Å². The predicted molar refractivity (Wildman–Crippen MR) is 89.6 cm³/mol. The van der Waals surface area contributed by atoms with E-state index in [2.05, 4.69) is 9.62 Å². The van der Waals surface area contributed by atoms with Crippen molar-refractivity contribution >= 4 is 39.1 Å². The Kier molecular flexibility index (Phi) is 5.79. The summed E-state index contributed by atoms with van der Waals surface area (Å²) in [4.78, 5) is 2.43. The van der Waals surface area contributed by atoms with E-state index in [9.17, 15) is 8.42 Å². The summed E-state index contributed by atoms with van der Waals surface area (Å²) < 4.78 is 27.1. The van der Waals surface area contributed by atoms with Gasteiger partial charge >= 0.3 is 0 Å². The van der Waals surface area contributed by atoms with Crippen molar-refractivity contribution in [1.29, 1.82) is 0 Å². The second-order valence-electron chi connectivity index (χ2n) is 5.00. The lowest BCUT2D eigenvalue weighted by molar-refractivity contribution is 0.307. The SMILES string of the molecule is Cc1cc(S(=O)(=O)NCCN2CCSCC2)cc(N)c1Cl. The maximum atomic E-state index is 12.3. The summed E-state index contributed by atoms with van der Waals surface area (Å²) in [6, 6.07) is 2.94. The molecule has 1 aliphatic rings. The second-order valence-corrected chi connectivity index (χ2v) is 8.36. The number of thioether (sulfide) groups is 1. The van der Waals surface area contributed by atoms with Gasteiger partial charge in [-0.1, -0.05) is 11.6 Å². The maximum Gasteiger partial charge on any atom is 0.240 e. The number of sulfonamides is 1. The molecular weight excluding hydrogens is 330 g/mol. The number of rotatable bonds is 5. The number of nitrogens with one attached hydrogen (secondary N) is 1. The van der Waals surface area contributed by atoms with Crippen molar-refractivity contribution in [1.82, 2.24) is 9.62 Å². The molecule has 1 fully saturated rings. The van der Waals surface area contributed by atoms with Crippen LogP contribution < -0.4 is 10.5 Å². The number of benzene rings is 1. The first-order valence-electron chi connectivity index (χ1n) is 6.75. The monoisotopic (exact) mass is 349 g/mol. The van der Waals surface area contributed by atoms with E-state index in [1.807, 2.05) is 11.8 Å². The lowest BCUT2D eigenvalue weighted by Gasteiger charge is -2.26. The van der Waals surface area contributed by atoms with Crippen LogP contribution in [-0.4, -0.2) is 51.0 Å². The van der Waals surface area contributed by atoms with Crippen molar-refractivity contribution in [2.24, 2.45) is 0 Å². The van der Waals surface area contributed by atoms with Crippen LogP contribution in [0.25, 0.3) is 0 Å². The third-order valence-electron chi connectivity index (χ3n) is 3.39. The van der Waals surface area contributed by atoms with Crippen LogP contribution in [0.5, 0.6) is 0 Å². The molecule has 8 heteroatoms. The molecule has 118 valence electrons. The summed E-state index contributed by atoms with van der Waals surface area (Å²) in [5, 5.41) is 0.403. The Bertz CT molecular complexity index is 578. The third kappa shape index (κ3) is 4.50. The molecule has 0 aromatic heterocycles. The summed E-state index contributed by atoms with van der Waals surface area (Å²) in [7, 11) is -3.54. The van der Waals surface area contributed by atoms with E-state index in [1.165, 1.54) is 6.07 Å². The zero-order valence-corrected chi connectivity index (χ0v) is 14.3. The highest BCUT2D eigenvalue weighted by atomic mass is 35.5. The molecule has 0 radical (unpaired) electrons. The van der Waals surface area contributed by atoms with E-state index in [0.717, 1.165) is 31.1 Å². The highest BCUT2D eigenvalue weighted by Gasteiger charge is 2.17. The van der Waals surface area contributed by atoms with Gasteiger partial charge in [0, 0.05) is 37.7 Å². The van der Waals surface area contributed by atoms with Crippen LogP contribution in [0, 0.1) is 6.92 Å². The number of hydrogen-bond donors (Lipinski definition) is 2. The lowest BCUT2D eigenvalue weighted by Crippen LogP contribution is -2.39. The van der Waals surface area contributed by atoms with E-state index in [4.69, 9.17) is 17.3 Å². The van der Waals surface area contributed by atoms with Crippen LogP contribution in [-0.2, 0) is 10.0 Å². The number of halogens is 1. The number of nitrogens with two attached hydrogens (primary N) is 1. The van der Waals surface area contributed by atoms with Crippen LogP contribution in [0.15, 0.2) is 17.0 Å². The average molecular weight is 350 g/mol. The summed E-state index contributed by atoms with van der Waals surface area (Å²) >= 11 is 7.89. The van der Waals surface area contributed by atoms with Crippen LogP contribution in [0.1, 0.15) is 5.56 Å². The first-order chi connectivity index (χ1) is 9.90. The van der Waals surface area contributed by atoms with Crippen molar-refractivity contribution in [3.63, 3.8) is 0 Å². The van der Waals surface area contributed by atoms with Crippen LogP contribution >= 0.6 is 23.4 Å². The van der Waals surface area contributed by atoms with Gasteiger partial charge in [-0.15, -0.1) is 0 Å². The quantitative estimate of drug-likeness (QED) is 0.789. The van der Waals surface area contributed by atoms with E-state index in [-0.39, 0.29) is 10.6 Å². The Morgan fingerprint density at radius 2 is 2.05 bits per heavy atom. The smallest absolute Gasteiger partial charge is 0.240 e. The first kappa shape index (κ1) is 16.9. The minimum atomic E-state index is -3.54. The third-order valence-corrected chi connectivity index (χ3v) is 6.29. The van der Waals surface area contributed by atoms with E-state index in [0.29, 0.717) is 17.1 Å². The molecule has 0 spiro atoms. The van der Waals surface area contributed by atoms with E-state index in [1.54, 1.807) is 13.0 Å². The summed E-state index contributed by atoms with van der Waals surface area (Å²) in [5.41, 5.74) is 6.67. The van der Waals surface area contributed by atoms with Crippen molar-refractivity contribution in [2.45, 2.75) is 11.8 Å². The number of aryl methyl sites for hydroxylation is 1. The fourth-order valence-electron chi connectivity index (χ4n) is 2.16. The molecule has 0 atom stereocenters. The Balaban J connectivity index is 1.98. The van der Waals surface area contributed by atoms with Crippen molar-refractivity contribution in [2.75, 3.05) is 43.4 Å². The van der Waals surface area contributed by atoms with Gasteiger partial charge in [-0.25, -0.2) is 13.1 Å². The Labute approximate surface area is 135 Å². The second kappa shape index (κ2) is 7.19. The first-order valence-corrected chi connectivity index (χ1v) is 9.77. The minimum absolute atomic E-state index is 0.163. The van der Waals surface area contributed by atoms with Gasteiger partial charge in [0.25, 0.3) is 0 Å². The van der Waals surface area contributed by atoms with Gasteiger partial charge in [0.05, 0.1) is 15.6 Å². The van der Waals surface area contributed by atoms with Crippen LogP contribution in [0.2, 0.25) is 5.02 Å². The molecule has 1 saturated heterocycles. The molecule has 0 aliphatic carbocycles. The molecule has 1 heterocycles. The summed E-state index contributed by atoms with van der Waals surface area (Å²) in [6.45, 7) is 4.89. The molecule has 0 saturated carbocycles. The van der Waals surface area contributed by atoms with Crippen molar-refractivity contribution < 1.29 is 8.42 Å². The molecular formula is C13H20ClN3O2S2. The highest BCUT2D eigenvalue weighted by molar-refractivity contribution is 7.99. The molecule has 0 bridgehead atoms. The van der Waals surface area contributed by atoms with Crippen molar-refractivity contribution in [3.05, 3.63) is 22.7 Å². The zero-order chi connectivity index (χ0) is 15.5. The number of hydrogen-bond acceptors (Lipinski definition) is 5. The van der Waals surface area contributed by atoms with Gasteiger partial charge < -0.3 is 10.6 Å². The molecule has 2 rings (SSSR count). The number of anilines is 1. The Morgan fingerprint density at radius 3 is 2.67 bits per heavy atom. The topological polar surface area (TPSA) is 75.4 Å². The molecule has 3 N–H and O–H groups in total. The van der Waals surface area contributed by atoms with Crippen LogP contribution in [0.3, 0.4) is 0 Å². The average Bonchev–Trinajstić information content (AvgIpc) is 2.45. The maximum absolute atomic E-state index is 12.3. The van der Waals surface area contributed by atoms with Gasteiger partial charge in [-0.3, -0.25) is 0 Å². The van der Waals surface area contributed by atoms with Gasteiger partial charge in [0.15, 0.2) is 0 Å². The van der Waals surface area contributed by atoms with Crippen LogP contribution in [0.4, 0.5) is 5.69 Å². The lowest BCUT2D eigenvalue weighted by atomic mass is 10.2. The largest absolute Gasteiger partial charge is 0.397 e. The zero-order valence-electron chi connectivity index (χ0n) is 11.9.